The quantitative estimate of drug-likeness (QED) is 0.705. The van der Waals surface area contributed by atoms with Gasteiger partial charge in [0.15, 0.2) is 0 Å². The highest BCUT2D eigenvalue weighted by atomic mass is 35.5. The Hall–Kier alpha value is -0.570. The van der Waals surface area contributed by atoms with Crippen molar-refractivity contribution in [1.29, 1.82) is 0 Å². The third-order valence-corrected chi connectivity index (χ3v) is 3.23. The van der Waals surface area contributed by atoms with E-state index in [4.69, 9.17) is 27.9 Å². The second kappa shape index (κ2) is 7.70. The predicted molar refractivity (Wildman–Crippen MR) is 70.9 cm³/mol. The number of halogens is 2. The molecule has 1 rings (SSSR count). The van der Waals surface area contributed by atoms with Crippen molar-refractivity contribution in [1.82, 2.24) is 0 Å². The number of benzene rings is 1. The van der Waals surface area contributed by atoms with Gasteiger partial charge in [0, 0.05) is 26.1 Å². The van der Waals surface area contributed by atoms with E-state index in [1.807, 2.05) is 13.0 Å². The van der Waals surface area contributed by atoms with E-state index in [1.165, 1.54) is 0 Å². The third kappa shape index (κ3) is 5.07. The summed E-state index contributed by atoms with van der Waals surface area (Å²) in [6.07, 6.45) is 1.61. The zero-order chi connectivity index (χ0) is 12.7. The fourth-order valence-corrected chi connectivity index (χ4v) is 1.89. The Labute approximate surface area is 112 Å². The average molecular weight is 275 g/mol. The molecule has 0 fully saturated rings. The Morgan fingerprint density at radius 3 is 2.82 bits per heavy atom. The van der Waals surface area contributed by atoms with Crippen molar-refractivity contribution in [3.05, 3.63) is 33.8 Å². The largest absolute Gasteiger partial charge is 0.382 e. The molecule has 0 saturated heterocycles. The second-order valence-corrected chi connectivity index (χ2v) is 4.51. The van der Waals surface area contributed by atoms with E-state index in [2.05, 4.69) is 0 Å². The summed E-state index contributed by atoms with van der Waals surface area (Å²) >= 11 is 11.9. The highest BCUT2D eigenvalue weighted by Crippen LogP contribution is 2.26. The first-order valence-electron chi connectivity index (χ1n) is 5.67. The summed E-state index contributed by atoms with van der Waals surface area (Å²) in [5.41, 5.74) is 0.792. The molecule has 0 aromatic heterocycles. The normalized spacial score (nSPS) is 10.5. The number of carbonyl (C=O) groups excluding carboxylic acids is 1. The van der Waals surface area contributed by atoms with Crippen molar-refractivity contribution in [2.24, 2.45) is 0 Å². The molecule has 2 nitrogen and oxygen atoms in total. The molecule has 0 aliphatic carbocycles. The van der Waals surface area contributed by atoms with Crippen LogP contribution in [0.1, 0.15) is 25.3 Å². The van der Waals surface area contributed by atoms with E-state index < -0.39 is 0 Å². The number of hydrogen-bond donors (Lipinski definition) is 0. The molecule has 0 heterocycles. The van der Waals surface area contributed by atoms with Crippen molar-refractivity contribution in [3.8, 4) is 0 Å². The molecule has 17 heavy (non-hydrogen) atoms. The molecule has 0 bridgehead atoms. The Bertz CT molecular complexity index is 378. The van der Waals surface area contributed by atoms with Gasteiger partial charge in [0.05, 0.1) is 10.0 Å². The van der Waals surface area contributed by atoms with Crippen LogP contribution in [0.5, 0.6) is 0 Å². The van der Waals surface area contributed by atoms with Gasteiger partial charge in [-0.05, 0) is 25.0 Å². The van der Waals surface area contributed by atoms with E-state index in [-0.39, 0.29) is 5.78 Å². The SMILES string of the molecule is CCOCCCC(=O)Cc1cccc(Cl)c1Cl. The molecule has 0 saturated carbocycles. The number of ether oxygens (including phenoxy) is 1. The Morgan fingerprint density at radius 2 is 2.12 bits per heavy atom. The lowest BCUT2D eigenvalue weighted by Crippen LogP contribution is -2.05. The fraction of sp³-hybridized carbons (Fsp3) is 0.462. The topological polar surface area (TPSA) is 26.3 Å². The minimum absolute atomic E-state index is 0.161. The maximum atomic E-state index is 11.7. The van der Waals surface area contributed by atoms with Gasteiger partial charge in [-0.25, -0.2) is 0 Å². The molecular weight excluding hydrogens is 259 g/mol. The number of carbonyl (C=O) groups is 1. The molecule has 0 aliphatic rings. The van der Waals surface area contributed by atoms with Gasteiger partial charge in [0.25, 0.3) is 0 Å². The van der Waals surface area contributed by atoms with E-state index >= 15 is 0 Å². The second-order valence-electron chi connectivity index (χ2n) is 3.73. The Morgan fingerprint density at radius 1 is 1.35 bits per heavy atom. The van der Waals surface area contributed by atoms with Gasteiger partial charge < -0.3 is 4.74 Å². The van der Waals surface area contributed by atoms with Crippen molar-refractivity contribution in [2.75, 3.05) is 13.2 Å². The van der Waals surface area contributed by atoms with E-state index in [0.717, 1.165) is 12.0 Å². The molecule has 0 atom stereocenters. The molecule has 0 unspecified atom stereocenters. The fourth-order valence-electron chi connectivity index (χ4n) is 1.50. The molecule has 1 aromatic carbocycles. The monoisotopic (exact) mass is 274 g/mol. The molecule has 0 radical (unpaired) electrons. The zero-order valence-electron chi connectivity index (χ0n) is 9.84. The van der Waals surface area contributed by atoms with Crippen molar-refractivity contribution in [3.63, 3.8) is 0 Å². The smallest absolute Gasteiger partial charge is 0.137 e. The predicted octanol–water partition coefficient (Wildman–Crippen LogP) is 3.92. The molecular formula is C13H16Cl2O2. The van der Waals surface area contributed by atoms with Crippen LogP contribution in [0.15, 0.2) is 18.2 Å². The lowest BCUT2D eigenvalue weighted by atomic mass is 10.1. The van der Waals surface area contributed by atoms with Crippen LogP contribution in [0, 0.1) is 0 Å². The molecule has 0 N–H and O–H groups in total. The van der Waals surface area contributed by atoms with E-state index in [9.17, 15) is 4.79 Å². The van der Waals surface area contributed by atoms with Crippen LogP contribution in [0.25, 0.3) is 0 Å². The number of Topliss-reactive ketones (excluding diaryl/α,β-unsaturated/α-hetero) is 1. The third-order valence-electron chi connectivity index (χ3n) is 2.37. The number of rotatable bonds is 7. The molecule has 0 aliphatic heterocycles. The number of ketones is 1. The van der Waals surface area contributed by atoms with Crippen molar-refractivity contribution in [2.45, 2.75) is 26.2 Å². The van der Waals surface area contributed by atoms with Crippen molar-refractivity contribution < 1.29 is 9.53 Å². The Balaban J connectivity index is 2.43. The summed E-state index contributed by atoms with van der Waals surface area (Å²) in [7, 11) is 0. The lowest BCUT2D eigenvalue weighted by Gasteiger charge is -2.05. The van der Waals surface area contributed by atoms with Crippen LogP contribution in [0.4, 0.5) is 0 Å². The maximum Gasteiger partial charge on any atom is 0.137 e. The summed E-state index contributed by atoms with van der Waals surface area (Å²) in [4.78, 5) is 11.7. The number of hydrogen-bond acceptors (Lipinski definition) is 2. The van der Waals surface area contributed by atoms with Crippen LogP contribution in [0.3, 0.4) is 0 Å². The van der Waals surface area contributed by atoms with E-state index in [1.54, 1.807) is 12.1 Å². The molecule has 1 aromatic rings. The highest BCUT2D eigenvalue weighted by molar-refractivity contribution is 6.42. The van der Waals surface area contributed by atoms with Gasteiger partial charge in [0.1, 0.15) is 5.78 Å². The zero-order valence-corrected chi connectivity index (χ0v) is 11.4. The van der Waals surface area contributed by atoms with Gasteiger partial charge in [-0.15, -0.1) is 0 Å². The molecule has 0 spiro atoms. The first kappa shape index (κ1) is 14.5. The Kier molecular flexibility index (Phi) is 6.56. The van der Waals surface area contributed by atoms with Crippen LogP contribution < -0.4 is 0 Å². The average Bonchev–Trinajstić information content (AvgIpc) is 2.31. The van der Waals surface area contributed by atoms with Crippen LogP contribution >= 0.6 is 23.2 Å². The minimum Gasteiger partial charge on any atom is -0.382 e. The molecule has 0 amide bonds. The van der Waals surface area contributed by atoms with Gasteiger partial charge >= 0.3 is 0 Å². The maximum absolute atomic E-state index is 11.7. The first-order valence-corrected chi connectivity index (χ1v) is 6.43. The molecule has 4 heteroatoms. The molecule has 94 valence electrons. The van der Waals surface area contributed by atoms with Gasteiger partial charge in [-0.2, -0.15) is 0 Å². The summed E-state index contributed by atoms with van der Waals surface area (Å²) in [6, 6.07) is 5.35. The summed E-state index contributed by atoms with van der Waals surface area (Å²) in [5.74, 6) is 0.161. The van der Waals surface area contributed by atoms with Crippen LogP contribution in [0.2, 0.25) is 10.0 Å². The lowest BCUT2D eigenvalue weighted by molar-refractivity contribution is -0.118. The van der Waals surface area contributed by atoms with Gasteiger partial charge in [0.2, 0.25) is 0 Å². The van der Waals surface area contributed by atoms with Crippen LogP contribution in [-0.4, -0.2) is 19.0 Å². The van der Waals surface area contributed by atoms with Crippen LogP contribution in [-0.2, 0) is 16.0 Å². The summed E-state index contributed by atoms with van der Waals surface area (Å²) in [6.45, 7) is 3.26. The van der Waals surface area contributed by atoms with Gasteiger partial charge in [-0.3, -0.25) is 4.79 Å². The van der Waals surface area contributed by atoms with E-state index in [0.29, 0.717) is 36.1 Å². The summed E-state index contributed by atoms with van der Waals surface area (Å²) in [5, 5.41) is 0.971. The standard InChI is InChI=1S/C13H16Cl2O2/c1-2-17-8-4-6-11(16)9-10-5-3-7-12(14)13(10)15/h3,5,7H,2,4,6,8-9H2,1H3. The minimum atomic E-state index is 0.161. The highest BCUT2D eigenvalue weighted by Gasteiger charge is 2.09. The van der Waals surface area contributed by atoms with Crippen molar-refractivity contribution >= 4 is 29.0 Å². The van der Waals surface area contributed by atoms with Gasteiger partial charge in [-0.1, -0.05) is 35.3 Å². The summed E-state index contributed by atoms with van der Waals surface area (Å²) < 4.78 is 5.18. The first-order chi connectivity index (χ1) is 8.15.